The van der Waals surface area contributed by atoms with Crippen molar-refractivity contribution in [3.8, 4) is 0 Å². The van der Waals surface area contributed by atoms with Crippen LogP contribution in [0, 0.1) is 13.8 Å². The minimum atomic E-state index is -0.287. The molecule has 0 aliphatic heterocycles. The molecule has 6 nitrogen and oxygen atoms in total. The highest BCUT2D eigenvalue weighted by Gasteiger charge is 2.08. The Bertz CT molecular complexity index is 1300. The third kappa shape index (κ3) is 2.61. The summed E-state index contributed by atoms with van der Waals surface area (Å²) in [6, 6.07) is 12.5. The number of rotatable bonds is 2. The van der Waals surface area contributed by atoms with Gasteiger partial charge in [0.2, 0.25) is 5.43 Å². The Hall–Kier alpha value is -3.54. The standard InChI is InChI=1S/C20H15N3O3/c1-12-7-8-18-16(9-12)19(24)14(11-26-18)10-21-23-13(2)22-17-6-4-3-5-15(17)20(23)25/h3-11H,1-2H3/b21-10+. The largest absolute Gasteiger partial charge is 0.463 e. The monoisotopic (exact) mass is 345 g/mol. The van der Waals surface area contributed by atoms with Crippen molar-refractivity contribution < 1.29 is 4.42 Å². The van der Waals surface area contributed by atoms with E-state index in [-0.39, 0.29) is 16.6 Å². The molecular formula is C20H15N3O3. The van der Waals surface area contributed by atoms with E-state index >= 15 is 0 Å². The summed E-state index contributed by atoms with van der Waals surface area (Å²) < 4.78 is 6.69. The van der Waals surface area contributed by atoms with Crippen molar-refractivity contribution in [2.45, 2.75) is 13.8 Å². The van der Waals surface area contributed by atoms with Crippen molar-refractivity contribution >= 4 is 28.1 Å². The Morgan fingerprint density at radius 2 is 1.88 bits per heavy atom. The number of aryl methyl sites for hydroxylation is 2. The molecular weight excluding hydrogens is 330 g/mol. The highest BCUT2D eigenvalue weighted by Crippen LogP contribution is 2.13. The average Bonchev–Trinajstić information content (AvgIpc) is 2.63. The first-order chi connectivity index (χ1) is 12.5. The predicted molar refractivity (Wildman–Crippen MR) is 101 cm³/mol. The number of hydrogen-bond donors (Lipinski definition) is 0. The molecule has 2 aromatic heterocycles. The van der Waals surface area contributed by atoms with Crippen molar-refractivity contribution in [2.75, 3.05) is 0 Å². The van der Waals surface area contributed by atoms with Crippen LogP contribution < -0.4 is 11.0 Å². The summed E-state index contributed by atoms with van der Waals surface area (Å²) in [6.45, 7) is 3.60. The summed E-state index contributed by atoms with van der Waals surface area (Å²) in [4.78, 5) is 29.6. The molecule has 4 rings (SSSR count). The van der Waals surface area contributed by atoms with Crippen LogP contribution in [-0.4, -0.2) is 15.9 Å². The zero-order valence-electron chi connectivity index (χ0n) is 14.3. The van der Waals surface area contributed by atoms with Gasteiger partial charge in [-0.05, 0) is 38.1 Å². The number of fused-ring (bicyclic) bond motifs is 2. The minimum absolute atomic E-state index is 0.196. The lowest BCUT2D eigenvalue weighted by molar-refractivity contribution is 0.601. The topological polar surface area (TPSA) is 77.5 Å². The highest BCUT2D eigenvalue weighted by atomic mass is 16.3. The molecule has 0 fully saturated rings. The van der Waals surface area contributed by atoms with Gasteiger partial charge in [-0.25, -0.2) is 4.98 Å². The van der Waals surface area contributed by atoms with E-state index < -0.39 is 0 Å². The number of benzene rings is 2. The molecule has 2 aromatic carbocycles. The summed E-state index contributed by atoms with van der Waals surface area (Å²) in [5.74, 6) is 0.436. The second-order valence-corrected chi connectivity index (χ2v) is 6.06. The molecule has 26 heavy (non-hydrogen) atoms. The number of aromatic nitrogens is 2. The quantitative estimate of drug-likeness (QED) is 0.523. The first-order valence-corrected chi connectivity index (χ1v) is 8.09. The van der Waals surface area contributed by atoms with Crippen LogP contribution in [0.3, 0.4) is 0 Å². The summed E-state index contributed by atoms with van der Waals surface area (Å²) in [5.41, 5.74) is 1.87. The van der Waals surface area contributed by atoms with Crippen LogP contribution in [0.25, 0.3) is 21.9 Å². The van der Waals surface area contributed by atoms with Crippen LogP contribution in [-0.2, 0) is 0 Å². The minimum Gasteiger partial charge on any atom is -0.463 e. The molecule has 6 heteroatoms. The van der Waals surface area contributed by atoms with Crippen molar-refractivity contribution in [1.82, 2.24) is 9.66 Å². The Kier molecular flexibility index (Phi) is 3.73. The fourth-order valence-electron chi connectivity index (χ4n) is 2.84. The van der Waals surface area contributed by atoms with E-state index in [1.165, 1.54) is 17.2 Å². The van der Waals surface area contributed by atoms with Gasteiger partial charge in [-0.2, -0.15) is 9.78 Å². The Balaban J connectivity index is 1.86. The fourth-order valence-corrected chi connectivity index (χ4v) is 2.84. The van der Waals surface area contributed by atoms with Gasteiger partial charge in [-0.3, -0.25) is 9.59 Å². The zero-order valence-corrected chi connectivity index (χ0v) is 14.3. The Labute approximate surface area is 148 Å². The number of hydrogen-bond acceptors (Lipinski definition) is 5. The molecule has 0 spiro atoms. The molecule has 0 atom stereocenters. The van der Waals surface area contributed by atoms with Crippen LogP contribution in [0.2, 0.25) is 0 Å². The van der Waals surface area contributed by atoms with Crippen molar-refractivity contribution in [3.63, 3.8) is 0 Å². The average molecular weight is 345 g/mol. The molecule has 0 amide bonds. The van der Waals surface area contributed by atoms with Crippen LogP contribution in [0.1, 0.15) is 17.0 Å². The molecule has 0 radical (unpaired) electrons. The first-order valence-electron chi connectivity index (χ1n) is 8.09. The molecule has 128 valence electrons. The second-order valence-electron chi connectivity index (χ2n) is 6.06. The molecule has 2 heterocycles. The van der Waals surface area contributed by atoms with E-state index in [1.807, 2.05) is 19.1 Å². The summed E-state index contributed by atoms with van der Waals surface area (Å²) in [5, 5.41) is 5.12. The van der Waals surface area contributed by atoms with E-state index in [0.29, 0.717) is 27.7 Å². The molecule has 4 aromatic rings. The highest BCUT2D eigenvalue weighted by molar-refractivity contribution is 5.86. The molecule has 0 N–H and O–H groups in total. The van der Waals surface area contributed by atoms with Crippen molar-refractivity contribution in [3.05, 3.63) is 86.3 Å². The van der Waals surface area contributed by atoms with Crippen LogP contribution >= 0.6 is 0 Å². The Morgan fingerprint density at radius 1 is 1.08 bits per heavy atom. The number of para-hydroxylation sites is 1. The third-order valence-electron chi connectivity index (χ3n) is 4.18. The van der Waals surface area contributed by atoms with Crippen molar-refractivity contribution in [2.24, 2.45) is 5.10 Å². The lowest BCUT2D eigenvalue weighted by Gasteiger charge is -2.05. The van der Waals surface area contributed by atoms with Gasteiger partial charge in [0.1, 0.15) is 17.7 Å². The normalized spacial score (nSPS) is 11.6. The predicted octanol–water partition coefficient (Wildman–Crippen LogP) is 3.00. The maximum Gasteiger partial charge on any atom is 0.282 e. The maximum atomic E-state index is 12.6. The van der Waals surface area contributed by atoms with Gasteiger partial charge in [0, 0.05) is 0 Å². The fraction of sp³-hybridized carbons (Fsp3) is 0.100. The lowest BCUT2D eigenvalue weighted by atomic mass is 10.1. The van der Waals surface area contributed by atoms with Gasteiger partial charge >= 0.3 is 0 Å². The zero-order chi connectivity index (χ0) is 18.3. The third-order valence-corrected chi connectivity index (χ3v) is 4.18. The molecule has 0 bridgehead atoms. The van der Waals surface area contributed by atoms with E-state index in [9.17, 15) is 9.59 Å². The molecule has 0 saturated carbocycles. The van der Waals surface area contributed by atoms with Gasteiger partial charge in [0.25, 0.3) is 5.56 Å². The van der Waals surface area contributed by atoms with Crippen LogP contribution in [0.15, 0.2) is 67.8 Å². The van der Waals surface area contributed by atoms with E-state index in [0.717, 1.165) is 5.56 Å². The van der Waals surface area contributed by atoms with Crippen LogP contribution in [0.4, 0.5) is 0 Å². The number of nitrogens with zero attached hydrogens (tertiary/aromatic N) is 3. The lowest BCUT2D eigenvalue weighted by Crippen LogP contribution is -2.21. The Morgan fingerprint density at radius 3 is 2.73 bits per heavy atom. The smallest absolute Gasteiger partial charge is 0.282 e. The van der Waals surface area contributed by atoms with E-state index in [4.69, 9.17) is 4.42 Å². The molecule has 0 aliphatic rings. The SMILES string of the molecule is Cc1ccc2occ(/C=N/n3c(C)nc4ccccc4c3=O)c(=O)c2c1. The van der Waals surface area contributed by atoms with E-state index in [2.05, 4.69) is 10.1 Å². The second kappa shape index (κ2) is 6.07. The van der Waals surface area contributed by atoms with Gasteiger partial charge in [-0.1, -0.05) is 23.8 Å². The van der Waals surface area contributed by atoms with Gasteiger partial charge < -0.3 is 4.42 Å². The van der Waals surface area contributed by atoms with E-state index in [1.54, 1.807) is 37.3 Å². The molecule has 0 unspecified atom stereocenters. The summed E-state index contributed by atoms with van der Waals surface area (Å²) >= 11 is 0. The first kappa shape index (κ1) is 16.0. The summed E-state index contributed by atoms with van der Waals surface area (Å²) in [7, 11) is 0. The van der Waals surface area contributed by atoms with Gasteiger partial charge in [0.15, 0.2) is 0 Å². The summed E-state index contributed by atoms with van der Waals surface area (Å²) in [6.07, 6.45) is 2.68. The molecule has 0 saturated heterocycles. The van der Waals surface area contributed by atoms with Gasteiger partial charge in [0.05, 0.1) is 28.1 Å². The van der Waals surface area contributed by atoms with Gasteiger partial charge in [-0.15, -0.1) is 0 Å². The molecule has 0 aliphatic carbocycles. The maximum absolute atomic E-state index is 12.6. The van der Waals surface area contributed by atoms with Crippen LogP contribution in [0.5, 0.6) is 0 Å². The van der Waals surface area contributed by atoms with Crippen molar-refractivity contribution in [1.29, 1.82) is 0 Å².